The number of rotatable bonds is 6. The van der Waals surface area contributed by atoms with Gasteiger partial charge >= 0.3 is 0 Å². The Kier molecular flexibility index (Phi) is 6.79. The third-order valence-corrected chi connectivity index (χ3v) is 6.39. The molecule has 0 aliphatic carbocycles. The van der Waals surface area contributed by atoms with E-state index in [0.717, 1.165) is 22.0 Å². The molecule has 0 saturated heterocycles. The summed E-state index contributed by atoms with van der Waals surface area (Å²) in [4.78, 5) is 40.8. The van der Waals surface area contributed by atoms with Crippen molar-refractivity contribution in [1.82, 2.24) is 21.2 Å². The minimum absolute atomic E-state index is 0.136. The van der Waals surface area contributed by atoms with Gasteiger partial charge in [0.2, 0.25) is 5.91 Å². The van der Waals surface area contributed by atoms with Gasteiger partial charge in [-0.15, -0.1) is 11.3 Å². The molecule has 3 aromatic rings. The Morgan fingerprint density at radius 3 is 2.57 bits per heavy atom. The predicted molar refractivity (Wildman–Crippen MR) is 118 cm³/mol. The minimum atomic E-state index is -0.802. The van der Waals surface area contributed by atoms with Crippen LogP contribution in [0.2, 0.25) is 5.02 Å². The normalized spacial score (nSPS) is 12.0. The molecule has 0 aliphatic rings. The van der Waals surface area contributed by atoms with Crippen LogP contribution in [0.1, 0.15) is 34.6 Å². The van der Waals surface area contributed by atoms with Crippen LogP contribution in [0.25, 0.3) is 10.9 Å². The van der Waals surface area contributed by atoms with Gasteiger partial charge in [-0.1, -0.05) is 43.6 Å². The van der Waals surface area contributed by atoms with Gasteiger partial charge in [-0.2, -0.15) is 0 Å². The predicted octanol–water partition coefficient (Wildman–Crippen LogP) is 3.34. The van der Waals surface area contributed by atoms with Gasteiger partial charge in [-0.25, -0.2) is 0 Å². The zero-order chi connectivity index (χ0) is 21.8. The number of hydrogen-bond acceptors (Lipinski definition) is 4. The zero-order valence-corrected chi connectivity index (χ0v) is 18.4. The van der Waals surface area contributed by atoms with E-state index >= 15 is 0 Å². The molecule has 2 heterocycles. The number of amides is 3. The summed E-state index contributed by atoms with van der Waals surface area (Å²) in [5, 5.41) is 5.85. The Hall–Kier alpha value is -2.84. The van der Waals surface area contributed by atoms with Gasteiger partial charge in [0.25, 0.3) is 11.8 Å². The lowest BCUT2D eigenvalue weighted by atomic mass is 10.0. The number of aromatic nitrogens is 1. The first-order chi connectivity index (χ1) is 14.3. The lowest BCUT2D eigenvalue weighted by Gasteiger charge is -2.21. The summed E-state index contributed by atoms with van der Waals surface area (Å²) < 4.78 is 0. The lowest BCUT2D eigenvalue weighted by Crippen LogP contribution is -2.54. The van der Waals surface area contributed by atoms with E-state index in [1.807, 2.05) is 38.1 Å². The van der Waals surface area contributed by atoms with Crippen LogP contribution < -0.4 is 16.2 Å². The first-order valence-electron chi connectivity index (χ1n) is 9.46. The number of para-hydroxylation sites is 1. The first kappa shape index (κ1) is 21.9. The van der Waals surface area contributed by atoms with Gasteiger partial charge in [-0.05, 0) is 35.4 Å². The molecule has 0 radical (unpaired) electrons. The number of benzene rings is 1. The number of carbonyl (C=O) groups is 3. The fourth-order valence-electron chi connectivity index (χ4n) is 3.05. The highest BCUT2D eigenvalue weighted by atomic mass is 35.5. The van der Waals surface area contributed by atoms with Crippen molar-refractivity contribution in [1.29, 1.82) is 0 Å². The molecule has 30 heavy (non-hydrogen) atoms. The van der Waals surface area contributed by atoms with Gasteiger partial charge < -0.3 is 10.3 Å². The van der Waals surface area contributed by atoms with Crippen LogP contribution in [0.15, 0.2) is 35.8 Å². The second kappa shape index (κ2) is 9.32. The van der Waals surface area contributed by atoms with Crippen LogP contribution in [-0.4, -0.2) is 28.7 Å². The van der Waals surface area contributed by atoms with Crippen molar-refractivity contribution < 1.29 is 14.4 Å². The van der Waals surface area contributed by atoms with Gasteiger partial charge in [0.15, 0.2) is 0 Å². The van der Waals surface area contributed by atoms with E-state index in [9.17, 15) is 14.4 Å². The summed E-state index contributed by atoms with van der Waals surface area (Å²) in [5.74, 6) is -1.47. The number of fused-ring (bicyclic) bond motifs is 1. The third-order valence-electron chi connectivity index (χ3n) is 4.70. The molecule has 1 aromatic carbocycles. The van der Waals surface area contributed by atoms with Crippen LogP contribution in [0, 0.1) is 12.8 Å². The van der Waals surface area contributed by atoms with E-state index in [-0.39, 0.29) is 18.2 Å². The van der Waals surface area contributed by atoms with Gasteiger partial charge in [0.1, 0.15) is 10.9 Å². The Labute approximate surface area is 183 Å². The molecule has 158 valence electrons. The van der Waals surface area contributed by atoms with Crippen molar-refractivity contribution in [3.8, 4) is 0 Å². The second-order valence-electron chi connectivity index (χ2n) is 7.33. The molecule has 7 nitrogen and oxygen atoms in total. The summed E-state index contributed by atoms with van der Waals surface area (Å²) in [6, 6.07) is 6.90. The highest BCUT2D eigenvalue weighted by Gasteiger charge is 2.25. The number of thiophene rings is 1. The van der Waals surface area contributed by atoms with E-state index in [2.05, 4.69) is 21.2 Å². The zero-order valence-electron chi connectivity index (χ0n) is 16.8. The van der Waals surface area contributed by atoms with Crippen LogP contribution in [0.4, 0.5) is 0 Å². The lowest BCUT2D eigenvalue weighted by molar-refractivity contribution is -0.130. The topological polar surface area (TPSA) is 103 Å². The molecule has 0 spiro atoms. The number of carbonyl (C=O) groups excluding carboxylic acids is 3. The molecule has 0 aliphatic heterocycles. The van der Waals surface area contributed by atoms with Crippen molar-refractivity contribution >= 4 is 51.6 Å². The minimum Gasteiger partial charge on any atom is -0.361 e. The number of halogens is 1. The molecule has 3 amide bonds. The van der Waals surface area contributed by atoms with E-state index < -0.39 is 17.9 Å². The average molecular weight is 447 g/mol. The number of nitrogens with one attached hydrogen (secondary N) is 4. The monoisotopic (exact) mass is 446 g/mol. The van der Waals surface area contributed by atoms with Gasteiger partial charge in [-0.3, -0.25) is 25.2 Å². The van der Waals surface area contributed by atoms with Crippen molar-refractivity contribution in [2.24, 2.45) is 5.92 Å². The first-order valence-corrected chi connectivity index (χ1v) is 10.7. The summed E-state index contributed by atoms with van der Waals surface area (Å²) >= 11 is 7.28. The Morgan fingerprint density at radius 2 is 1.90 bits per heavy atom. The number of aryl methyl sites for hydroxylation is 1. The molecule has 1 atom stereocenters. The molecule has 1 unspecified atom stereocenters. The number of hydrogen-bond donors (Lipinski definition) is 4. The van der Waals surface area contributed by atoms with E-state index in [0.29, 0.717) is 9.90 Å². The van der Waals surface area contributed by atoms with E-state index in [1.165, 1.54) is 11.3 Å². The molecule has 0 fully saturated rings. The molecule has 9 heteroatoms. The summed E-state index contributed by atoms with van der Waals surface area (Å²) in [5.41, 5.74) is 7.33. The van der Waals surface area contributed by atoms with Crippen LogP contribution in [0.3, 0.4) is 0 Å². The van der Waals surface area contributed by atoms with Crippen molar-refractivity contribution in [2.45, 2.75) is 33.2 Å². The smallest absolute Gasteiger partial charge is 0.281 e. The number of hydrazine groups is 1. The van der Waals surface area contributed by atoms with Crippen LogP contribution in [-0.2, 0) is 16.0 Å². The third kappa shape index (κ3) is 4.83. The van der Waals surface area contributed by atoms with Crippen molar-refractivity contribution in [3.05, 3.63) is 56.9 Å². The molecule has 0 saturated carbocycles. The maximum Gasteiger partial charge on any atom is 0.281 e. The van der Waals surface area contributed by atoms with Crippen LogP contribution in [0.5, 0.6) is 0 Å². The SMILES string of the molecule is Cc1csc(C(=O)NNC(=O)C(NC(=O)Cc2c[nH]c3ccccc23)C(C)C)c1Cl. The summed E-state index contributed by atoms with van der Waals surface area (Å²) in [6.07, 6.45) is 1.93. The maximum absolute atomic E-state index is 12.6. The maximum atomic E-state index is 12.6. The highest BCUT2D eigenvalue weighted by Crippen LogP contribution is 2.26. The largest absolute Gasteiger partial charge is 0.361 e. The Bertz CT molecular complexity index is 1090. The fourth-order valence-corrected chi connectivity index (χ4v) is 4.22. The average Bonchev–Trinajstić information content (AvgIpc) is 3.27. The molecular weight excluding hydrogens is 424 g/mol. The Morgan fingerprint density at radius 1 is 1.17 bits per heavy atom. The molecular formula is C21H23ClN4O3S. The van der Waals surface area contributed by atoms with E-state index in [4.69, 9.17) is 11.6 Å². The van der Waals surface area contributed by atoms with E-state index in [1.54, 1.807) is 18.5 Å². The van der Waals surface area contributed by atoms with Crippen molar-refractivity contribution in [2.75, 3.05) is 0 Å². The molecule has 4 N–H and O–H groups in total. The number of aromatic amines is 1. The Balaban J connectivity index is 1.60. The molecule has 3 rings (SSSR count). The van der Waals surface area contributed by atoms with Crippen LogP contribution >= 0.6 is 22.9 Å². The highest BCUT2D eigenvalue weighted by molar-refractivity contribution is 7.13. The molecule has 2 aromatic heterocycles. The van der Waals surface area contributed by atoms with Gasteiger partial charge in [0, 0.05) is 17.1 Å². The quantitative estimate of drug-likeness (QED) is 0.436. The van der Waals surface area contributed by atoms with Gasteiger partial charge in [0.05, 0.1) is 11.4 Å². The summed E-state index contributed by atoms with van der Waals surface area (Å²) in [7, 11) is 0. The van der Waals surface area contributed by atoms with Crippen molar-refractivity contribution in [3.63, 3.8) is 0 Å². The summed E-state index contributed by atoms with van der Waals surface area (Å²) in [6.45, 7) is 5.43. The standard InChI is InChI=1S/C21H23ClN4O3S/c1-11(2)18(20(28)25-26-21(29)19-17(22)12(3)10-30-19)24-16(27)8-13-9-23-15-7-5-4-6-14(13)15/h4-7,9-11,18,23H,8H2,1-3H3,(H,24,27)(H,25,28)(H,26,29). The number of H-pyrrole nitrogens is 1. The second-order valence-corrected chi connectivity index (χ2v) is 8.59. The fraction of sp³-hybridized carbons (Fsp3) is 0.286. The molecule has 0 bridgehead atoms.